The Kier molecular flexibility index (Phi) is 3.92. The maximum Gasteiger partial charge on any atom is 0.164 e. The smallest absolute Gasteiger partial charge is 0.164 e. The van der Waals surface area contributed by atoms with E-state index in [9.17, 15) is 0 Å². The van der Waals surface area contributed by atoms with Gasteiger partial charge < -0.3 is 15.0 Å². The van der Waals surface area contributed by atoms with Crippen LogP contribution in [0.5, 0.6) is 5.75 Å². The molecule has 1 unspecified atom stereocenters. The van der Waals surface area contributed by atoms with Gasteiger partial charge in [-0.2, -0.15) is 0 Å². The van der Waals surface area contributed by atoms with E-state index >= 15 is 0 Å². The average Bonchev–Trinajstić information content (AvgIpc) is 2.89. The minimum absolute atomic E-state index is 0.161. The second-order valence-corrected chi connectivity index (χ2v) is 5.89. The lowest BCUT2D eigenvalue weighted by Gasteiger charge is -2.23. The zero-order chi connectivity index (χ0) is 14.8. The van der Waals surface area contributed by atoms with Crippen LogP contribution in [-0.4, -0.2) is 27.4 Å². The van der Waals surface area contributed by atoms with Crippen molar-refractivity contribution in [1.82, 2.24) is 14.8 Å². The zero-order valence-corrected chi connectivity index (χ0v) is 12.6. The Morgan fingerprint density at radius 3 is 3.00 bits per heavy atom. The number of hydrogen-bond donors (Lipinski definition) is 1. The number of aromatic nitrogens is 3. The number of rotatable bonds is 4. The second-order valence-electron chi connectivity index (χ2n) is 5.89. The molecule has 0 saturated carbocycles. The summed E-state index contributed by atoms with van der Waals surface area (Å²) >= 11 is 0. The first-order valence-corrected chi connectivity index (χ1v) is 7.56. The van der Waals surface area contributed by atoms with Crippen molar-refractivity contribution in [2.45, 2.75) is 39.3 Å². The van der Waals surface area contributed by atoms with Crippen LogP contribution in [0.3, 0.4) is 0 Å². The maximum atomic E-state index is 5.82. The van der Waals surface area contributed by atoms with E-state index in [0.717, 1.165) is 42.3 Å². The Balaban J connectivity index is 1.93. The summed E-state index contributed by atoms with van der Waals surface area (Å²) in [7, 11) is 0. The molecular formula is C16H22N4O. The summed E-state index contributed by atoms with van der Waals surface area (Å²) in [5, 5.41) is 8.70. The number of hydrogen-bond acceptors (Lipinski definition) is 4. The summed E-state index contributed by atoms with van der Waals surface area (Å²) < 4.78 is 7.97. The third-order valence-electron chi connectivity index (χ3n) is 3.84. The van der Waals surface area contributed by atoms with Crippen LogP contribution in [0.1, 0.15) is 26.1 Å². The zero-order valence-electron chi connectivity index (χ0n) is 12.6. The topological polar surface area (TPSA) is 66.0 Å². The third-order valence-corrected chi connectivity index (χ3v) is 3.84. The first-order valence-electron chi connectivity index (χ1n) is 7.56. The van der Waals surface area contributed by atoms with E-state index in [1.165, 1.54) is 0 Å². The number of nitrogens with two attached hydrogens (primary N) is 1. The van der Waals surface area contributed by atoms with Gasteiger partial charge >= 0.3 is 0 Å². The van der Waals surface area contributed by atoms with Crippen LogP contribution < -0.4 is 10.5 Å². The molecule has 0 amide bonds. The van der Waals surface area contributed by atoms with Gasteiger partial charge in [0, 0.05) is 18.5 Å². The number of aryl methyl sites for hydroxylation is 1. The van der Waals surface area contributed by atoms with Gasteiger partial charge in [-0.3, -0.25) is 0 Å². The monoisotopic (exact) mass is 286 g/mol. The molecule has 1 atom stereocenters. The van der Waals surface area contributed by atoms with Gasteiger partial charge in [0.2, 0.25) is 0 Å². The van der Waals surface area contributed by atoms with Crippen molar-refractivity contribution in [1.29, 1.82) is 0 Å². The number of ether oxygens (including phenoxy) is 1. The molecule has 1 aliphatic heterocycles. The van der Waals surface area contributed by atoms with Gasteiger partial charge in [-0.05, 0) is 44.9 Å². The Hall–Kier alpha value is -1.88. The highest BCUT2D eigenvalue weighted by atomic mass is 16.5. The first kappa shape index (κ1) is 14.1. The summed E-state index contributed by atoms with van der Waals surface area (Å²) in [6.45, 7) is 5.67. The van der Waals surface area contributed by atoms with Gasteiger partial charge in [0.25, 0.3) is 0 Å². The van der Waals surface area contributed by atoms with E-state index in [2.05, 4.69) is 20.8 Å². The van der Waals surface area contributed by atoms with Crippen molar-refractivity contribution < 1.29 is 4.74 Å². The van der Waals surface area contributed by atoms with E-state index in [4.69, 9.17) is 10.5 Å². The Bertz CT molecular complexity index is 620. The molecule has 0 spiro atoms. The molecule has 1 aromatic heterocycles. The quantitative estimate of drug-likeness (QED) is 0.936. The van der Waals surface area contributed by atoms with Crippen molar-refractivity contribution in [2.75, 3.05) is 6.54 Å². The molecule has 1 aliphatic rings. The van der Waals surface area contributed by atoms with Crippen LogP contribution in [-0.2, 0) is 13.0 Å². The minimum atomic E-state index is 0.161. The molecule has 112 valence electrons. The van der Waals surface area contributed by atoms with Crippen LogP contribution in [0.2, 0.25) is 0 Å². The van der Waals surface area contributed by atoms with Crippen LogP contribution >= 0.6 is 0 Å². The standard InChI is InChI=1S/C16H22N4O/c1-11(2)21-14-5-3-4-13(8-14)16-19-18-15-7-6-12(9-17)10-20(15)16/h3-5,8,11-12H,6-7,9-10,17H2,1-2H3. The molecule has 5 nitrogen and oxygen atoms in total. The normalized spacial score (nSPS) is 17.8. The molecule has 3 rings (SSSR count). The van der Waals surface area contributed by atoms with E-state index in [-0.39, 0.29) is 6.10 Å². The van der Waals surface area contributed by atoms with E-state index in [1.54, 1.807) is 0 Å². The highest BCUT2D eigenvalue weighted by molar-refractivity contribution is 5.58. The number of nitrogens with zero attached hydrogens (tertiary/aromatic N) is 3. The lowest BCUT2D eigenvalue weighted by Crippen LogP contribution is -2.26. The van der Waals surface area contributed by atoms with Gasteiger partial charge in [0.15, 0.2) is 5.82 Å². The van der Waals surface area contributed by atoms with Crippen molar-refractivity contribution in [3.63, 3.8) is 0 Å². The van der Waals surface area contributed by atoms with Crippen molar-refractivity contribution >= 4 is 0 Å². The van der Waals surface area contributed by atoms with Crippen molar-refractivity contribution in [3.05, 3.63) is 30.1 Å². The molecule has 2 N–H and O–H groups in total. The summed E-state index contributed by atoms with van der Waals surface area (Å²) in [5.74, 6) is 3.36. The molecule has 0 radical (unpaired) electrons. The SMILES string of the molecule is CC(C)Oc1cccc(-c2nnc3n2CC(CN)CC3)c1. The molecule has 2 heterocycles. The molecule has 0 aliphatic carbocycles. The molecule has 5 heteroatoms. The Morgan fingerprint density at radius 1 is 1.38 bits per heavy atom. The summed E-state index contributed by atoms with van der Waals surface area (Å²) in [6.07, 6.45) is 2.22. The average molecular weight is 286 g/mol. The molecule has 0 saturated heterocycles. The van der Waals surface area contributed by atoms with Crippen molar-refractivity contribution in [3.8, 4) is 17.1 Å². The van der Waals surface area contributed by atoms with Gasteiger partial charge in [-0.15, -0.1) is 10.2 Å². The van der Waals surface area contributed by atoms with Crippen LogP contribution in [0.4, 0.5) is 0 Å². The first-order chi connectivity index (χ1) is 10.2. The predicted molar refractivity (Wildman–Crippen MR) is 82.1 cm³/mol. The fourth-order valence-corrected chi connectivity index (χ4v) is 2.78. The summed E-state index contributed by atoms with van der Waals surface area (Å²) in [6, 6.07) is 8.05. The van der Waals surface area contributed by atoms with Crippen molar-refractivity contribution in [2.24, 2.45) is 11.7 Å². The molecule has 0 bridgehead atoms. The predicted octanol–water partition coefficient (Wildman–Crippen LogP) is 2.25. The lowest BCUT2D eigenvalue weighted by atomic mass is 9.99. The van der Waals surface area contributed by atoms with Crippen LogP contribution in [0.25, 0.3) is 11.4 Å². The molecule has 2 aromatic rings. The van der Waals surface area contributed by atoms with E-state index < -0.39 is 0 Å². The second kappa shape index (κ2) is 5.85. The van der Waals surface area contributed by atoms with Gasteiger partial charge in [-0.1, -0.05) is 12.1 Å². The van der Waals surface area contributed by atoms with Crippen LogP contribution in [0.15, 0.2) is 24.3 Å². The van der Waals surface area contributed by atoms with Gasteiger partial charge in [0.1, 0.15) is 11.6 Å². The Labute approximate surface area is 125 Å². The minimum Gasteiger partial charge on any atom is -0.491 e. The van der Waals surface area contributed by atoms with Crippen LogP contribution in [0, 0.1) is 5.92 Å². The fraction of sp³-hybridized carbons (Fsp3) is 0.500. The molecule has 21 heavy (non-hydrogen) atoms. The fourth-order valence-electron chi connectivity index (χ4n) is 2.78. The number of fused-ring (bicyclic) bond motifs is 1. The highest BCUT2D eigenvalue weighted by Crippen LogP contribution is 2.27. The summed E-state index contributed by atoms with van der Waals surface area (Å²) in [5.41, 5.74) is 6.87. The van der Waals surface area contributed by atoms with Gasteiger partial charge in [-0.25, -0.2) is 0 Å². The molecule has 1 aromatic carbocycles. The third kappa shape index (κ3) is 2.93. The largest absolute Gasteiger partial charge is 0.491 e. The number of benzene rings is 1. The molecular weight excluding hydrogens is 264 g/mol. The van der Waals surface area contributed by atoms with E-state index in [1.807, 2.05) is 32.0 Å². The highest BCUT2D eigenvalue weighted by Gasteiger charge is 2.22. The lowest BCUT2D eigenvalue weighted by molar-refractivity contribution is 0.242. The van der Waals surface area contributed by atoms with Gasteiger partial charge in [0.05, 0.1) is 6.10 Å². The Morgan fingerprint density at radius 2 is 2.24 bits per heavy atom. The summed E-state index contributed by atoms with van der Waals surface area (Å²) in [4.78, 5) is 0. The van der Waals surface area contributed by atoms with E-state index in [0.29, 0.717) is 12.5 Å². The molecule has 0 fully saturated rings. The maximum absolute atomic E-state index is 5.82.